The van der Waals surface area contributed by atoms with E-state index >= 15 is 0 Å². The van der Waals surface area contributed by atoms with Crippen LogP contribution < -0.4 is 5.73 Å². The summed E-state index contributed by atoms with van der Waals surface area (Å²) in [4.78, 5) is 2.34. The third-order valence-corrected chi connectivity index (χ3v) is 2.78. The molecule has 2 N–H and O–H groups in total. The average molecular weight is 176 g/mol. The van der Waals surface area contributed by atoms with Crippen LogP contribution in [0.4, 0.5) is 0 Å². The van der Waals surface area contributed by atoms with Gasteiger partial charge >= 0.3 is 0 Å². The largest absolute Gasteiger partial charge is 0.318 e. The van der Waals surface area contributed by atoms with Crippen molar-refractivity contribution in [2.45, 2.75) is 18.9 Å². The van der Waals surface area contributed by atoms with E-state index in [1.807, 2.05) is 0 Å². The molecule has 1 atom stereocenters. The second kappa shape index (κ2) is 3.90. The molecule has 1 fully saturated rings. The summed E-state index contributed by atoms with van der Waals surface area (Å²) in [6.45, 7) is 1.83. The first-order valence-electron chi connectivity index (χ1n) is 4.91. The van der Waals surface area contributed by atoms with Crippen molar-refractivity contribution >= 4 is 0 Å². The molecule has 0 aromatic heterocycles. The van der Waals surface area contributed by atoms with E-state index < -0.39 is 0 Å². The van der Waals surface area contributed by atoms with Crippen LogP contribution in [0.15, 0.2) is 30.3 Å². The molecule has 1 aromatic carbocycles. The second-order valence-electron chi connectivity index (χ2n) is 3.56. The van der Waals surface area contributed by atoms with Crippen molar-refractivity contribution in [2.75, 3.05) is 13.2 Å². The van der Waals surface area contributed by atoms with Gasteiger partial charge in [0.05, 0.1) is 0 Å². The van der Waals surface area contributed by atoms with Crippen LogP contribution in [0.2, 0.25) is 0 Å². The van der Waals surface area contributed by atoms with Crippen molar-refractivity contribution in [3.8, 4) is 0 Å². The van der Waals surface area contributed by atoms with E-state index in [1.54, 1.807) is 0 Å². The number of benzene rings is 1. The maximum Gasteiger partial charge on any atom is 0.0461 e. The average Bonchev–Trinajstić information content (AvgIpc) is 2.67. The van der Waals surface area contributed by atoms with Gasteiger partial charge in [-0.25, -0.2) is 0 Å². The van der Waals surface area contributed by atoms with Crippen LogP contribution >= 0.6 is 0 Å². The summed E-state index contributed by atoms with van der Waals surface area (Å²) in [5.41, 5.74) is 7.10. The molecule has 2 rings (SSSR count). The zero-order valence-electron chi connectivity index (χ0n) is 7.82. The Morgan fingerprint density at radius 2 is 2.08 bits per heavy atom. The molecule has 0 bridgehead atoms. The van der Waals surface area contributed by atoms with Crippen LogP contribution in [-0.4, -0.2) is 18.1 Å². The van der Waals surface area contributed by atoms with Crippen molar-refractivity contribution in [1.82, 2.24) is 4.90 Å². The fourth-order valence-electron chi connectivity index (χ4n) is 2.10. The summed E-state index contributed by atoms with van der Waals surface area (Å²) in [7, 11) is 0. The second-order valence-corrected chi connectivity index (χ2v) is 3.56. The van der Waals surface area contributed by atoms with Crippen molar-refractivity contribution < 1.29 is 0 Å². The van der Waals surface area contributed by atoms with Crippen LogP contribution in [0.5, 0.6) is 0 Å². The summed E-state index contributed by atoms with van der Waals surface area (Å²) >= 11 is 0. The molecule has 1 aliphatic heterocycles. The van der Waals surface area contributed by atoms with Gasteiger partial charge in [0.25, 0.3) is 0 Å². The molecular weight excluding hydrogens is 160 g/mol. The molecule has 0 aliphatic carbocycles. The van der Waals surface area contributed by atoms with Crippen LogP contribution in [0.1, 0.15) is 24.4 Å². The maximum atomic E-state index is 5.69. The predicted molar refractivity (Wildman–Crippen MR) is 54.2 cm³/mol. The van der Waals surface area contributed by atoms with Crippen LogP contribution in [0.25, 0.3) is 0 Å². The summed E-state index contributed by atoms with van der Waals surface area (Å²) in [6, 6.07) is 11.2. The van der Waals surface area contributed by atoms with Gasteiger partial charge in [0.15, 0.2) is 0 Å². The van der Waals surface area contributed by atoms with Gasteiger partial charge in [-0.15, -0.1) is 0 Å². The van der Waals surface area contributed by atoms with Gasteiger partial charge < -0.3 is 5.73 Å². The number of hydrogen-bond donors (Lipinski definition) is 1. The minimum atomic E-state index is 0.561. The predicted octanol–water partition coefficient (Wildman–Crippen LogP) is 1.74. The van der Waals surface area contributed by atoms with E-state index in [0.717, 1.165) is 6.54 Å². The molecule has 0 saturated carbocycles. The SMILES string of the molecule is NCN1CCCC1c1ccccc1. The highest BCUT2D eigenvalue weighted by Crippen LogP contribution is 2.30. The standard InChI is InChI=1S/C11H16N2/c12-9-13-8-4-7-11(13)10-5-2-1-3-6-10/h1-3,5-6,11H,4,7-9,12H2. The Morgan fingerprint density at radius 1 is 1.31 bits per heavy atom. The van der Waals surface area contributed by atoms with E-state index in [1.165, 1.54) is 18.4 Å². The smallest absolute Gasteiger partial charge is 0.0461 e. The van der Waals surface area contributed by atoms with E-state index in [2.05, 4.69) is 35.2 Å². The van der Waals surface area contributed by atoms with Crippen LogP contribution in [-0.2, 0) is 0 Å². The first-order valence-corrected chi connectivity index (χ1v) is 4.91. The lowest BCUT2D eigenvalue weighted by Crippen LogP contribution is -2.29. The molecule has 1 unspecified atom stereocenters. The molecule has 1 saturated heterocycles. The molecule has 1 aromatic rings. The van der Waals surface area contributed by atoms with E-state index in [9.17, 15) is 0 Å². The molecule has 0 amide bonds. The van der Waals surface area contributed by atoms with Crippen molar-refractivity contribution in [2.24, 2.45) is 5.73 Å². The molecule has 2 heteroatoms. The monoisotopic (exact) mass is 176 g/mol. The summed E-state index contributed by atoms with van der Waals surface area (Å²) in [5, 5.41) is 0. The lowest BCUT2D eigenvalue weighted by atomic mass is 10.1. The van der Waals surface area contributed by atoms with Gasteiger partial charge in [-0.05, 0) is 18.4 Å². The Morgan fingerprint density at radius 3 is 2.77 bits per heavy atom. The van der Waals surface area contributed by atoms with Crippen molar-refractivity contribution in [3.05, 3.63) is 35.9 Å². The third kappa shape index (κ3) is 1.74. The Labute approximate surface area is 79.4 Å². The Hall–Kier alpha value is -0.860. The van der Waals surface area contributed by atoms with Crippen LogP contribution in [0.3, 0.4) is 0 Å². The van der Waals surface area contributed by atoms with Gasteiger partial charge in [0.1, 0.15) is 0 Å². The topological polar surface area (TPSA) is 29.3 Å². The Kier molecular flexibility index (Phi) is 2.62. The van der Waals surface area contributed by atoms with Gasteiger partial charge in [-0.2, -0.15) is 0 Å². The number of rotatable bonds is 2. The zero-order chi connectivity index (χ0) is 9.10. The van der Waals surface area contributed by atoms with Gasteiger partial charge in [0, 0.05) is 19.3 Å². The molecule has 1 heterocycles. The first-order chi connectivity index (χ1) is 6.42. The van der Waals surface area contributed by atoms with Gasteiger partial charge in [-0.3, -0.25) is 4.90 Å². The molecule has 0 radical (unpaired) electrons. The lowest BCUT2D eigenvalue weighted by Gasteiger charge is -2.22. The van der Waals surface area contributed by atoms with E-state index in [0.29, 0.717) is 12.7 Å². The van der Waals surface area contributed by atoms with Crippen LogP contribution in [0, 0.1) is 0 Å². The fraction of sp³-hybridized carbons (Fsp3) is 0.455. The molecular formula is C11H16N2. The summed E-state index contributed by atoms with van der Waals surface area (Å²) < 4.78 is 0. The van der Waals surface area contributed by atoms with Gasteiger partial charge in [0.2, 0.25) is 0 Å². The highest BCUT2D eigenvalue weighted by molar-refractivity contribution is 5.19. The number of nitrogens with zero attached hydrogens (tertiary/aromatic N) is 1. The lowest BCUT2D eigenvalue weighted by molar-refractivity contribution is 0.265. The first kappa shape index (κ1) is 8.73. The molecule has 13 heavy (non-hydrogen) atoms. The highest BCUT2D eigenvalue weighted by Gasteiger charge is 2.23. The van der Waals surface area contributed by atoms with Gasteiger partial charge in [-0.1, -0.05) is 30.3 Å². The fourth-order valence-corrected chi connectivity index (χ4v) is 2.10. The maximum absolute atomic E-state index is 5.69. The molecule has 70 valence electrons. The summed E-state index contributed by atoms with van der Waals surface area (Å²) in [5.74, 6) is 0. The van der Waals surface area contributed by atoms with Crippen molar-refractivity contribution in [3.63, 3.8) is 0 Å². The third-order valence-electron chi connectivity index (χ3n) is 2.78. The summed E-state index contributed by atoms with van der Waals surface area (Å²) in [6.07, 6.45) is 2.53. The highest BCUT2D eigenvalue weighted by atomic mass is 15.2. The molecule has 1 aliphatic rings. The number of hydrogen-bond acceptors (Lipinski definition) is 2. The van der Waals surface area contributed by atoms with Crippen molar-refractivity contribution in [1.29, 1.82) is 0 Å². The molecule has 2 nitrogen and oxygen atoms in total. The zero-order valence-corrected chi connectivity index (χ0v) is 7.82. The Bertz CT molecular complexity index is 258. The Balaban J connectivity index is 2.16. The minimum Gasteiger partial charge on any atom is -0.318 e. The minimum absolute atomic E-state index is 0.561. The quantitative estimate of drug-likeness (QED) is 0.743. The van der Waals surface area contributed by atoms with E-state index in [4.69, 9.17) is 5.73 Å². The number of nitrogens with two attached hydrogens (primary N) is 1. The van der Waals surface area contributed by atoms with E-state index in [-0.39, 0.29) is 0 Å². The normalized spacial score (nSPS) is 23.6. The molecule has 0 spiro atoms. The number of likely N-dealkylation sites (tertiary alicyclic amines) is 1.